The van der Waals surface area contributed by atoms with Gasteiger partial charge in [0.1, 0.15) is 11.5 Å². The minimum Gasteiger partial charge on any atom is -0.339 e. The van der Waals surface area contributed by atoms with E-state index < -0.39 is 0 Å². The van der Waals surface area contributed by atoms with Crippen LogP contribution in [0.4, 0.5) is 5.00 Å². The predicted octanol–water partition coefficient (Wildman–Crippen LogP) is 5.41. The quantitative estimate of drug-likeness (QED) is 0.525. The van der Waals surface area contributed by atoms with Crippen molar-refractivity contribution in [1.82, 2.24) is 9.80 Å². The molecule has 1 saturated heterocycles. The lowest BCUT2D eigenvalue weighted by molar-refractivity contribution is -0.116. The molecule has 0 radical (unpaired) electrons. The average molecular weight is 486 g/mol. The Morgan fingerprint density at radius 1 is 0.971 bits per heavy atom. The maximum Gasteiger partial charge on any atom is 0.259 e. The number of nitrogens with one attached hydrogen (secondary N) is 1. The number of rotatable bonds is 5. The van der Waals surface area contributed by atoms with E-state index >= 15 is 0 Å². The first kappa shape index (κ1) is 23.1. The molecule has 0 saturated carbocycles. The summed E-state index contributed by atoms with van der Waals surface area (Å²) in [6.07, 6.45) is 3.10. The number of hydrogen-bond donors (Lipinski definition) is 1. The van der Waals surface area contributed by atoms with Crippen LogP contribution >= 0.6 is 11.3 Å². The molecule has 5 rings (SSSR count). The number of fused-ring (bicyclic) bond motifs is 1. The van der Waals surface area contributed by atoms with Crippen LogP contribution in [0.5, 0.6) is 0 Å². The zero-order chi connectivity index (χ0) is 24.5. The Balaban J connectivity index is 1.43. The molecule has 0 atom stereocenters. The Labute approximate surface area is 208 Å². The Morgan fingerprint density at radius 2 is 1.63 bits per heavy atom. The molecule has 0 bridgehead atoms. The Bertz CT molecular complexity index is 1290. The summed E-state index contributed by atoms with van der Waals surface area (Å²) >= 11 is 1.40. The summed E-state index contributed by atoms with van der Waals surface area (Å²) in [6.45, 7) is 7.24. The lowest BCUT2D eigenvalue weighted by Crippen LogP contribution is -2.36. The molecule has 2 aromatic carbocycles. The third kappa shape index (κ3) is 4.28. The van der Waals surface area contributed by atoms with E-state index in [1.54, 1.807) is 12.1 Å². The molecule has 6 nitrogen and oxygen atoms in total. The minimum absolute atomic E-state index is 0.0509. The van der Waals surface area contributed by atoms with Crippen LogP contribution in [0, 0.1) is 6.92 Å². The highest BCUT2D eigenvalue weighted by Crippen LogP contribution is 2.41. The Hall–Kier alpha value is -3.71. The van der Waals surface area contributed by atoms with Gasteiger partial charge in [-0.25, -0.2) is 0 Å². The summed E-state index contributed by atoms with van der Waals surface area (Å²) < 4.78 is 0. The van der Waals surface area contributed by atoms with Gasteiger partial charge in [-0.05, 0) is 43.4 Å². The lowest BCUT2D eigenvalue weighted by atomic mass is 10.0. The summed E-state index contributed by atoms with van der Waals surface area (Å²) in [4.78, 5) is 43.8. The standard InChI is InChI=1S/C28H27N3O3S/c1-18-24(28(34)30-15-9-4-10-16-30)26(35-25(18)20-11-5-3-6-12-20)29-23(32)17-31-19(2)21-13-7-8-14-22(21)27(31)33/h3,5-8,11-14H,2,4,9-10,15-17H2,1H3,(H,29,32). The van der Waals surface area contributed by atoms with Crippen molar-refractivity contribution in [3.05, 3.63) is 83.4 Å². The molecule has 0 unspecified atom stereocenters. The molecule has 1 aromatic heterocycles. The first-order valence-electron chi connectivity index (χ1n) is 11.8. The molecule has 0 spiro atoms. The summed E-state index contributed by atoms with van der Waals surface area (Å²) in [6, 6.07) is 17.1. The van der Waals surface area contributed by atoms with Crippen molar-refractivity contribution in [2.45, 2.75) is 26.2 Å². The van der Waals surface area contributed by atoms with Crippen LogP contribution in [0.2, 0.25) is 0 Å². The van der Waals surface area contributed by atoms with Gasteiger partial charge in [-0.15, -0.1) is 11.3 Å². The molecular formula is C28H27N3O3S. The molecule has 1 fully saturated rings. The van der Waals surface area contributed by atoms with Gasteiger partial charge in [-0.3, -0.25) is 19.3 Å². The topological polar surface area (TPSA) is 69.7 Å². The average Bonchev–Trinajstić information content (AvgIpc) is 3.33. The van der Waals surface area contributed by atoms with Crippen LogP contribution in [0.1, 0.15) is 51.1 Å². The van der Waals surface area contributed by atoms with Crippen molar-refractivity contribution in [3.63, 3.8) is 0 Å². The van der Waals surface area contributed by atoms with Gasteiger partial charge >= 0.3 is 0 Å². The van der Waals surface area contributed by atoms with Crippen molar-refractivity contribution >= 4 is 39.8 Å². The number of hydrogen-bond acceptors (Lipinski definition) is 4. The van der Waals surface area contributed by atoms with Gasteiger partial charge in [0.05, 0.1) is 5.56 Å². The van der Waals surface area contributed by atoms with Crippen molar-refractivity contribution in [2.75, 3.05) is 25.0 Å². The van der Waals surface area contributed by atoms with Gasteiger partial charge < -0.3 is 10.2 Å². The van der Waals surface area contributed by atoms with Gasteiger partial charge in [-0.1, -0.05) is 55.1 Å². The van der Waals surface area contributed by atoms with Crippen LogP contribution in [0.15, 0.2) is 61.2 Å². The maximum absolute atomic E-state index is 13.6. The zero-order valence-electron chi connectivity index (χ0n) is 19.7. The molecule has 178 valence electrons. The second kappa shape index (κ2) is 9.50. The summed E-state index contributed by atoms with van der Waals surface area (Å²) in [5.41, 5.74) is 4.20. The number of piperidine rings is 1. The molecule has 3 amide bonds. The SMILES string of the molecule is C=C1c2ccccc2C(=O)N1CC(=O)Nc1sc(-c2ccccc2)c(C)c1C(=O)N1CCCCC1. The van der Waals surface area contributed by atoms with E-state index in [1.165, 1.54) is 16.2 Å². The highest BCUT2D eigenvalue weighted by molar-refractivity contribution is 7.20. The van der Waals surface area contributed by atoms with E-state index in [0.29, 0.717) is 21.8 Å². The fraction of sp³-hybridized carbons (Fsp3) is 0.250. The first-order valence-corrected chi connectivity index (χ1v) is 12.7. The Morgan fingerprint density at radius 3 is 2.31 bits per heavy atom. The van der Waals surface area contributed by atoms with Gasteiger partial charge in [-0.2, -0.15) is 0 Å². The number of likely N-dealkylation sites (tertiary alicyclic amines) is 1. The fourth-order valence-corrected chi connectivity index (χ4v) is 6.01. The number of anilines is 1. The van der Waals surface area contributed by atoms with E-state index in [9.17, 15) is 14.4 Å². The van der Waals surface area contributed by atoms with E-state index in [4.69, 9.17) is 0 Å². The molecule has 3 aromatic rings. The number of amides is 3. The number of nitrogens with zero attached hydrogens (tertiary/aromatic N) is 2. The highest BCUT2D eigenvalue weighted by atomic mass is 32.1. The van der Waals surface area contributed by atoms with Crippen LogP contribution < -0.4 is 5.32 Å². The molecule has 0 aliphatic carbocycles. The zero-order valence-corrected chi connectivity index (χ0v) is 20.5. The largest absolute Gasteiger partial charge is 0.339 e. The molecule has 1 N–H and O–H groups in total. The third-order valence-electron chi connectivity index (χ3n) is 6.63. The molecule has 2 aliphatic rings. The summed E-state index contributed by atoms with van der Waals surface area (Å²) in [5, 5.41) is 3.48. The number of thiophene rings is 1. The monoisotopic (exact) mass is 485 g/mol. The minimum atomic E-state index is -0.360. The maximum atomic E-state index is 13.6. The van der Waals surface area contributed by atoms with E-state index in [1.807, 2.05) is 54.3 Å². The van der Waals surface area contributed by atoms with Gasteiger partial charge in [0.25, 0.3) is 11.8 Å². The van der Waals surface area contributed by atoms with Crippen molar-refractivity contribution < 1.29 is 14.4 Å². The van der Waals surface area contributed by atoms with Crippen LogP contribution in [0.3, 0.4) is 0 Å². The van der Waals surface area contributed by atoms with Gasteiger partial charge in [0, 0.05) is 34.8 Å². The summed E-state index contributed by atoms with van der Waals surface area (Å²) in [7, 11) is 0. The molecule has 2 aliphatic heterocycles. The van der Waals surface area contributed by atoms with Gasteiger partial charge in [0.15, 0.2) is 0 Å². The first-order chi connectivity index (χ1) is 17.0. The fourth-order valence-electron chi connectivity index (χ4n) is 4.79. The second-order valence-electron chi connectivity index (χ2n) is 8.91. The van der Waals surface area contributed by atoms with Crippen LogP contribution in [-0.2, 0) is 4.79 Å². The molecule has 35 heavy (non-hydrogen) atoms. The molecule has 7 heteroatoms. The Kier molecular flexibility index (Phi) is 6.26. The van der Waals surface area contributed by atoms with Crippen molar-refractivity contribution in [3.8, 4) is 10.4 Å². The van der Waals surface area contributed by atoms with Crippen molar-refractivity contribution in [2.24, 2.45) is 0 Å². The number of carbonyl (C=O) groups is 3. The number of carbonyl (C=O) groups excluding carboxylic acids is 3. The number of benzene rings is 2. The van der Waals surface area contributed by atoms with Crippen LogP contribution in [0.25, 0.3) is 16.1 Å². The highest BCUT2D eigenvalue weighted by Gasteiger charge is 2.33. The molecular weight excluding hydrogens is 458 g/mol. The van der Waals surface area contributed by atoms with Gasteiger partial charge in [0.2, 0.25) is 5.91 Å². The van der Waals surface area contributed by atoms with E-state index in [0.717, 1.165) is 53.9 Å². The summed E-state index contributed by atoms with van der Waals surface area (Å²) in [5.74, 6) is -0.649. The normalized spacial score (nSPS) is 15.3. The lowest BCUT2D eigenvalue weighted by Gasteiger charge is -2.27. The predicted molar refractivity (Wildman–Crippen MR) is 139 cm³/mol. The molecule has 3 heterocycles. The third-order valence-corrected chi connectivity index (χ3v) is 7.89. The smallest absolute Gasteiger partial charge is 0.259 e. The van der Waals surface area contributed by atoms with Crippen molar-refractivity contribution in [1.29, 1.82) is 0 Å². The second-order valence-corrected chi connectivity index (χ2v) is 9.93. The van der Waals surface area contributed by atoms with E-state index in [-0.39, 0.29) is 24.3 Å². The van der Waals surface area contributed by atoms with Crippen LogP contribution in [-0.4, -0.2) is 47.2 Å². The van der Waals surface area contributed by atoms with E-state index in [2.05, 4.69) is 11.9 Å².